The largest absolute Gasteiger partial charge is 0.303 e. The first-order valence-electron chi connectivity index (χ1n) is 9.16. The van der Waals surface area contributed by atoms with E-state index in [1.807, 2.05) is 6.92 Å². The van der Waals surface area contributed by atoms with Gasteiger partial charge in [0.1, 0.15) is 6.29 Å². The molecule has 4 atom stereocenters. The second kappa shape index (κ2) is 11.7. The van der Waals surface area contributed by atoms with Crippen LogP contribution >= 0.6 is 0 Å². The Kier molecular flexibility index (Phi) is 11.2. The normalized spacial score (nSPS) is 29.7. The van der Waals surface area contributed by atoms with Gasteiger partial charge in [0.25, 0.3) is 0 Å². The van der Waals surface area contributed by atoms with Crippen LogP contribution in [-0.2, 0) is 24.3 Å². The minimum atomic E-state index is 0.111. The quantitative estimate of drug-likeness (QED) is 0.270. The van der Waals surface area contributed by atoms with Crippen molar-refractivity contribution in [3.8, 4) is 0 Å². The molecule has 5 heteroatoms. The van der Waals surface area contributed by atoms with Gasteiger partial charge in [-0.25, -0.2) is 19.6 Å². The molecule has 0 aromatic rings. The highest BCUT2D eigenvalue weighted by Crippen LogP contribution is 2.59. The van der Waals surface area contributed by atoms with Gasteiger partial charge in [0.05, 0.1) is 27.4 Å². The van der Waals surface area contributed by atoms with Crippen molar-refractivity contribution >= 4 is 6.29 Å². The van der Waals surface area contributed by atoms with Gasteiger partial charge in [-0.15, -0.1) is 6.58 Å². The summed E-state index contributed by atoms with van der Waals surface area (Å²) < 4.78 is 0. The fourth-order valence-electron chi connectivity index (χ4n) is 3.35. The van der Waals surface area contributed by atoms with Gasteiger partial charge in [0.15, 0.2) is 0 Å². The highest BCUT2D eigenvalue weighted by Gasteiger charge is 2.58. The zero-order valence-electron chi connectivity index (χ0n) is 17.8. The summed E-state index contributed by atoms with van der Waals surface area (Å²) in [5.74, 6) is 1.77. The van der Waals surface area contributed by atoms with E-state index in [1.54, 1.807) is 13.2 Å². The van der Waals surface area contributed by atoms with Crippen molar-refractivity contribution in [1.82, 2.24) is 0 Å². The van der Waals surface area contributed by atoms with Crippen LogP contribution < -0.4 is 0 Å². The van der Waals surface area contributed by atoms with E-state index in [9.17, 15) is 4.79 Å². The molecule has 2 rings (SSSR count). The summed E-state index contributed by atoms with van der Waals surface area (Å²) in [5, 5.41) is 0. The maximum absolute atomic E-state index is 10.5. The van der Waals surface area contributed by atoms with Crippen LogP contribution in [0, 0.1) is 34.5 Å². The Morgan fingerprint density at radius 1 is 0.885 bits per heavy atom. The number of hydrogen-bond acceptors (Lipinski definition) is 5. The van der Waals surface area contributed by atoms with E-state index in [0.29, 0.717) is 36.4 Å². The Morgan fingerprint density at radius 3 is 1.58 bits per heavy atom. The molecule has 0 spiro atoms. The maximum Gasteiger partial charge on any atom is 0.124 e. The minimum Gasteiger partial charge on any atom is -0.303 e. The lowest BCUT2D eigenvalue weighted by molar-refractivity contribution is -0.276. The monoisotopic (exact) mass is 370 g/mol. The summed E-state index contributed by atoms with van der Waals surface area (Å²) in [6.07, 6.45) is 7.12. The van der Waals surface area contributed by atoms with E-state index in [0.717, 1.165) is 6.29 Å². The van der Waals surface area contributed by atoms with Crippen LogP contribution in [0.3, 0.4) is 0 Å². The summed E-state index contributed by atoms with van der Waals surface area (Å²) in [6.45, 7) is 17.2. The second-order valence-corrected chi connectivity index (χ2v) is 7.88. The van der Waals surface area contributed by atoms with Crippen LogP contribution in [0.4, 0.5) is 0 Å². The number of rotatable bonds is 8. The molecule has 0 bridgehead atoms. The van der Waals surface area contributed by atoms with E-state index >= 15 is 0 Å². The lowest BCUT2D eigenvalue weighted by Crippen LogP contribution is -1.99. The standard InChI is InChI=1S/C10H18O2.C8H14O3.C3H6/c1-5-6-8-9(7-12-11-4)10(8,2)3;1-8(2)6(4-9)7(8)5-11-10-3;1-3-2/h5-6,8-9H,7H2,1-4H3;4,6-7H,5H2,1-3H3;3H,1H2,2H3/b6-5+;;. The Morgan fingerprint density at radius 2 is 1.27 bits per heavy atom. The number of carbonyl (C=O) groups is 1. The minimum absolute atomic E-state index is 0.111. The molecule has 0 aromatic carbocycles. The first-order valence-corrected chi connectivity index (χ1v) is 9.16. The first-order chi connectivity index (χ1) is 12.2. The predicted octanol–water partition coefficient (Wildman–Crippen LogP) is 4.64. The summed E-state index contributed by atoms with van der Waals surface area (Å²) >= 11 is 0. The van der Waals surface area contributed by atoms with Crippen LogP contribution in [0.15, 0.2) is 24.8 Å². The van der Waals surface area contributed by atoms with E-state index in [2.05, 4.69) is 63.1 Å². The van der Waals surface area contributed by atoms with Crippen molar-refractivity contribution in [2.24, 2.45) is 34.5 Å². The Hall–Kier alpha value is -1.01. The van der Waals surface area contributed by atoms with Crippen LogP contribution in [0.1, 0.15) is 41.5 Å². The lowest BCUT2D eigenvalue weighted by atomic mass is 10.1. The SMILES string of the molecule is C/C=C/C1C(COOC)C1(C)C.C=CC.COOCC1C(C=O)C1(C)C. The van der Waals surface area contributed by atoms with Crippen molar-refractivity contribution in [3.05, 3.63) is 24.8 Å². The molecular weight excluding hydrogens is 332 g/mol. The van der Waals surface area contributed by atoms with Crippen LogP contribution in [0.5, 0.6) is 0 Å². The van der Waals surface area contributed by atoms with E-state index < -0.39 is 0 Å². The first kappa shape index (κ1) is 25.0. The third-order valence-electron chi connectivity index (χ3n) is 5.56. The van der Waals surface area contributed by atoms with Gasteiger partial charge in [-0.3, -0.25) is 0 Å². The molecule has 26 heavy (non-hydrogen) atoms. The number of carbonyl (C=O) groups excluding carboxylic acids is 1. The predicted molar refractivity (Wildman–Crippen MR) is 104 cm³/mol. The van der Waals surface area contributed by atoms with Crippen molar-refractivity contribution in [2.75, 3.05) is 27.4 Å². The smallest absolute Gasteiger partial charge is 0.124 e. The Balaban J connectivity index is 0.000000419. The molecular formula is C21H38O5. The molecule has 0 heterocycles. The molecule has 0 saturated heterocycles. The molecule has 2 saturated carbocycles. The van der Waals surface area contributed by atoms with Gasteiger partial charge in [-0.05, 0) is 36.5 Å². The number of aldehydes is 1. The van der Waals surface area contributed by atoms with Crippen molar-refractivity contribution in [2.45, 2.75) is 41.5 Å². The summed E-state index contributed by atoms with van der Waals surface area (Å²) in [5.41, 5.74) is 0.505. The summed E-state index contributed by atoms with van der Waals surface area (Å²) in [6, 6.07) is 0. The van der Waals surface area contributed by atoms with Crippen LogP contribution in [0.25, 0.3) is 0 Å². The number of hydrogen-bond donors (Lipinski definition) is 0. The molecule has 5 nitrogen and oxygen atoms in total. The molecule has 2 aliphatic carbocycles. The van der Waals surface area contributed by atoms with E-state index in [1.165, 1.54) is 7.11 Å². The average Bonchev–Trinajstić information content (AvgIpc) is 3.32. The highest BCUT2D eigenvalue weighted by atomic mass is 17.2. The molecule has 0 aliphatic heterocycles. The summed E-state index contributed by atoms with van der Waals surface area (Å²) in [7, 11) is 3.03. The third kappa shape index (κ3) is 6.95. The van der Waals surface area contributed by atoms with Gasteiger partial charge in [0, 0.05) is 11.8 Å². The van der Waals surface area contributed by atoms with Crippen LogP contribution in [-0.4, -0.2) is 33.7 Å². The maximum atomic E-state index is 10.5. The topological polar surface area (TPSA) is 54.0 Å². The molecule has 0 aromatic heterocycles. The second-order valence-electron chi connectivity index (χ2n) is 7.88. The van der Waals surface area contributed by atoms with Crippen molar-refractivity contribution in [3.63, 3.8) is 0 Å². The molecule has 152 valence electrons. The zero-order valence-corrected chi connectivity index (χ0v) is 17.8. The summed E-state index contributed by atoms with van der Waals surface area (Å²) in [4.78, 5) is 29.2. The zero-order chi connectivity index (χ0) is 20.4. The van der Waals surface area contributed by atoms with Gasteiger partial charge in [-0.1, -0.05) is 45.9 Å². The van der Waals surface area contributed by atoms with Gasteiger partial charge < -0.3 is 4.79 Å². The molecule has 0 radical (unpaired) electrons. The molecule has 4 unspecified atom stereocenters. The molecule has 2 aliphatic rings. The molecule has 0 N–H and O–H groups in total. The highest BCUT2D eigenvalue weighted by molar-refractivity contribution is 5.61. The van der Waals surface area contributed by atoms with E-state index in [-0.39, 0.29) is 11.3 Å². The average molecular weight is 371 g/mol. The number of allylic oxidation sites excluding steroid dienone is 3. The fraction of sp³-hybridized carbons (Fsp3) is 0.762. The lowest BCUT2D eigenvalue weighted by Gasteiger charge is -2.00. The van der Waals surface area contributed by atoms with Crippen LogP contribution in [0.2, 0.25) is 0 Å². The van der Waals surface area contributed by atoms with E-state index in [4.69, 9.17) is 9.78 Å². The Bertz CT molecular complexity index is 442. The third-order valence-corrected chi connectivity index (χ3v) is 5.56. The molecule has 0 amide bonds. The van der Waals surface area contributed by atoms with Gasteiger partial charge in [-0.2, -0.15) is 0 Å². The molecule has 2 fully saturated rings. The van der Waals surface area contributed by atoms with Gasteiger partial charge >= 0.3 is 0 Å². The van der Waals surface area contributed by atoms with Gasteiger partial charge in [0.2, 0.25) is 0 Å². The fourth-order valence-corrected chi connectivity index (χ4v) is 3.35. The van der Waals surface area contributed by atoms with Crippen molar-refractivity contribution in [1.29, 1.82) is 0 Å². The Labute approximate surface area is 159 Å². The van der Waals surface area contributed by atoms with Crippen molar-refractivity contribution < 1.29 is 24.3 Å².